The highest BCUT2D eigenvalue weighted by Gasteiger charge is 2.28. The molecule has 2 aliphatic rings. The SMILES string of the molecule is FC(F)(F)OCCNc1ccc2cc1-2. The number of ether oxygens (including phenoxy) is 1. The molecular formula is C9H8F3NO. The lowest BCUT2D eigenvalue weighted by atomic mass is 10.4. The molecular weight excluding hydrogens is 195 g/mol. The standard InChI is InChI=1S/C9H8F3NO/c10-9(11,12)14-4-3-13-8-2-1-6-5-7(6)8/h1-2,5,13H,3-4H2. The summed E-state index contributed by atoms with van der Waals surface area (Å²) < 4.78 is 38.3. The van der Waals surface area contributed by atoms with Crippen LogP contribution in [-0.2, 0) is 4.74 Å². The summed E-state index contributed by atoms with van der Waals surface area (Å²) in [7, 11) is 0. The Morgan fingerprint density at radius 1 is 1.29 bits per heavy atom. The maximum atomic E-state index is 11.6. The Morgan fingerprint density at radius 3 is 2.57 bits per heavy atom. The summed E-state index contributed by atoms with van der Waals surface area (Å²) in [5.74, 6) is 0. The zero-order valence-corrected chi connectivity index (χ0v) is 7.19. The quantitative estimate of drug-likeness (QED) is 0.771. The fourth-order valence-electron chi connectivity index (χ4n) is 1.26. The minimum absolute atomic E-state index is 0.157. The fourth-order valence-corrected chi connectivity index (χ4v) is 1.26. The van der Waals surface area contributed by atoms with Crippen molar-refractivity contribution in [2.24, 2.45) is 0 Å². The van der Waals surface area contributed by atoms with Crippen LogP contribution >= 0.6 is 0 Å². The molecule has 2 aliphatic carbocycles. The number of anilines is 1. The van der Waals surface area contributed by atoms with Crippen LogP contribution in [0.15, 0.2) is 18.2 Å². The average Bonchev–Trinajstić information content (AvgIpc) is 2.74. The Balaban J connectivity index is 1.67. The monoisotopic (exact) mass is 203 g/mol. The second-order valence-corrected chi connectivity index (χ2v) is 2.98. The van der Waals surface area contributed by atoms with Crippen molar-refractivity contribution in [3.63, 3.8) is 0 Å². The van der Waals surface area contributed by atoms with Gasteiger partial charge in [-0.15, -0.1) is 13.2 Å². The molecule has 14 heavy (non-hydrogen) atoms. The van der Waals surface area contributed by atoms with Crippen LogP contribution in [-0.4, -0.2) is 19.5 Å². The van der Waals surface area contributed by atoms with Crippen molar-refractivity contribution in [2.75, 3.05) is 18.5 Å². The molecule has 5 heteroatoms. The first-order chi connectivity index (χ1) is 6.56. The molecule has 0 saturated carbocycles. The van der Waals surface area contributed by atoms with Gasteiger partial charge in [0.1, 0.15) is 0 Å². The van der Waals surface area contributed by atoms with Crippen molar-refractivity contribution < 1.29 is 17.9 Å². The molecule has 2 rings (SSSR count). The van der Waals surface area contributed by atoms with Crippen molar-refractivity contribution in [1.29, 1.82) is 0 Å². The molecule has 0 fully saturated rings. The first-order valence-electron chi connectivity index (χ1n) is 4.15. The summed E-state index contributed by atoms with van der Waals surface area (Å²) in [6.45, 7) is -0.215. The first kappa shape index (κ1) is 9.33. The summed E-state index contributed by atoms with van der Waals surface area (Å²) >= 11 is 0. The van der Waals surface area contributed by atoms with E-state index in [0.717, 1.165) is 16.8 Å². The van der Waals surface area contributed by atoms with Gasteiger partial charge in [0.2, 0.25) is 0 Å². The normalized spacial score (nSPS) is 12.8. The Kier molecular flexibility index (Phi) is 2.11. The Bertz CT molecular complexity index is 348. The van der Waals surface area contributed by atoms with E-state index < -0.39 is 6.36 Å². The third kappa shape index (κ3) is 2.17. The first-order valence-corrected chi connectivity index (χ1v) is 4.15. The van der Waals surface area contributed by atoms with Gasteiger partial charge in [-0.3, -0.25) is 4.74 Å². The van der Waals surface area contributed by atoms with E-state index in [1.807, 2.05) is 18.2 Å². The molecule has 0 aliphatic heterocycles. The smallest absolute Gasteiger partial charge is 0.382 e. The van der Waals surface area contributed by atoms with Gasteiger partial charge in [-0.2, -0.15) is 0 Å². The third-order valence-electron chi connectivity index (χ3n) is 1.93. The number of hydrogen-bond acceptors (Lipinski definition) is 2. The Labute approximate surface area is 78.7 Å². The summed E-state index contributed by atoms with van der Waals surface area (Å²) in [4.78, 5) is 0. The zero-order valence-electron chi connectivity index (χ0n) is 7.19. The highest BCUT2D eigenvalue weighted by Crippen LogP contribution is 2.41. The predicted octanol–water partition coefficient (Wildman–Crippen LogP) is 2.62. The van der Waals surface area contributed by atoms with E-state index in [4.69, 9.17) is 0 Å². The van der Waals surface area contributed by atoms with Crippen molar-refractivity contribution in [3.05, 3.63) is 18.2 Å². The van der Waals surface area contributed by atoms with Gasteiger partial charge in [-0.25, -0.2) is 0 Å². The number of rotatable bonds is 4. The van der Waals surface area contributed by atoms with E-state index in [1.165, 1.54) is 0 Å². The number of fused-ring (bicyclic) bond motifs is 1. The summed E-state index contributed by atoms with van der Waals surface area (Å²) in [5.41, 5.74) is 3.13. The molecule has 0 heterocycles. The van der Waals surface area contributed by atoms with Crippen LogP contribution in [0, 0.1) is 0 Å². The van der Waals surface area contributed by atoms with Crippen LogP contribution in [0.2, 0.25) is 0 Å². The molecule has 76 valence electrons. The van der Waals surface area contributed by atoms with Crippen LogP contribution < -0.4 is 5.32 Å². The third-order valence-corrected chi connectivity index (χ3v) is 1.93. The molecule has 0 spiro atoms. The van der Waals surface area contributed by atoms with Crippen LogP contribution in [0.25, 0.3) is 11.1 Å². The van der Waals surface area contributed by atoms with Gasteiger partial charge < -0.3 is 5.32 Å². The van der Waals surface area contributed by atoms with E-state index in [1.54, 1.807) is 0 Å². The van der Waals surface area contributed by atoms with Crippen LogP contribution in [0.1, 0.15) is 0 Å². The van der Waals surface area contributed by atoms with Crippen molar-refractivity contribution in [1.82, 2.24) is 0 Å². The highest BCUT2D eigenvalue weighted by atomic mass is 19.4. The van der Waals surface area contributed by atoms with Gasteiger partial charge in [-0.05, 0) is 17.7 Å². The van der Waals surface area contributed by atoms with Crippen molar-refractivity contribution in [3.8, 4) is 11.1 Å². The molecule has 0 unspecified atom stereocenters. The maximum Gasteiger partial charge on any atom is 0.522 e. The van der Waals surface area contributed by atoms with Gasteiger partial charge in [0, 0.05) is 17.8 Å². The summed E-state index contributed by atoms with van der Waals surface area (Å²) in [5, 5.41) is 2.86. The lowest BCUT2D eigenvalue weighted by Crippen LogP contribution is -2.19. The summed E-state index contributed by atoms with van der Waals surface area (Å²) in [6, 6.07) is 5.73. The molecule has 0 aromatic heterocycles. The van der Waals surface area contributed by atoms with E-state index in [0.29, 0.717) is 0 Å². The molecule has 0 radical (unpaired) electrons. The largest absolute Gasteiger partial charge is 0.522 e. The van der Waals surface area contributed by atoms with Gasteiger partial charge in [0.25, 0.3) is 0 Å². The molecule has 0 aromatic carbocycles. The van der Waals surface area contributed by atoms with Crippen LogP contribution in [0.3, 0.4) is 0 Å². The predicted molar refractivity (Wildman–Crippen MR) is 45.9 cm³/mol. The minimum Gasteiger partial charge on any atom is -0.382 e. The lowest BCUT2D eigenvalue weighted by Gasteiger charge is -2.08. The Morgan fingerprint density at radius 2 is 2.07 bits per heavy atom. The molecule has 0 saturated heterocycles. The van der Waals surface area contributed by atoms with E-state index in [2.05, 4.69) is 10.1 Å². The van der Waals surface area contributed by atoms with Gasteiger partial charge in [0.15, 0.2) is 0 Å². The molecule has 0 amide bonds. The highest BCUT2D eigenvalue weighted by molar-refractivity contribution is 5.93. The minimum atomic E-state index is -4.53. The second kappa shape index (κ2) is 3.16. The fraction of sp³-hybridized carbons (Fsp3) is 0.333. The second-order valence-electron chi connectivity index (χ2n) is 2.98. The number of alkyl halides is 3. The van der Waals surface area contributed by atoms with E-state index in [9.17, 15) is 13.2 Å². The number of nitrogens with one attached hydrogen (secondary N) is 1. The number of halogens is 3. The molecule has 1 N–H and O–H groups in total. The molecule has 0 aromatic rings. The van der Waals surface area contributed by atoms with E-state index in [-0.39, 0.29) is 13.2 Å². The number of benzene rings is 1. The van der Waals surface area contributed by atoms with Crippen molar-refractivity contribution >= 4 is 5.69 Å². The topological polar surface area (TPSA) is 21.3 Å². The number of hydrogen-bond donors (Lipinski definition) is 1. The van der Waals surface area contributed by atoms with Crippen molar-refractivity contribution in [2.45, 2.75) is 6.36 Å². The maximum absolute atomic E-state index is 11.6. The lowest BCUT2D eigenvalue weighted by molar-refractivity contribution is -0.322. The Hall–Kier alpha value is -1.23. The van der Waals surface area contributed by atoms with Crippen LogP contribution in [0.4, 0.5) is 18.9 Å². The van der Waals surface area contributed by atoms with Gasteiger partial charge in [0.05, 0.1) is 6.61 Å². The molecule has 2 nitrogen and oxygen atoms in total. The van der Waals surface area contributed by atoms with Crippen LogP contribution in [0.5, 0.6) is 0 Å². The molecule has 0 bridgehead atoms. The van der Waals surface area contributed by atoms with Gasteiger partial charge >= 0.3 is 6.36 Å². The van der Waals surface area contributed by atoms with E-state index >= 15 is 0 Å². The average molecular weight is 203 g/mol. The summed E-state index contributed by atoms with van der Waals surface area (Å²) in [6.07, 6.45) is -4.53. The zero-order chi connectivity index (χ0) is 10.2. The molecule has 0 atom stereocenters. The van der Waals surface area contributed by atoms with Gasteiger partial charge in [-0.1, -0.05) is 6.07 Å².